The lowest BCUT2D eigenvalue weighted by atomic mass is 10.00. The summed E-state index contributed by atoms with van der Waals surface area (Å²) in [4.78, 5) is 12.4. The molecular formula is C18H19NO3. The number of carbonyl (C=O) groups excluding carboxylic acids is 1. The van der Waals surface area contributed by atoms with Crippen LogP contribution in [-0.2, 0) is 11.3 Å². The zero-order valence-electron chi connectivity index (χ0n) is 12.5. The highest BCUT2D eigenvalue weighted by atomic mass is 16.5. The highest BCUT2D eigenvalue weighted by molar-refractivity contribution is 5.94. The van der Waals surface area contributed by atoms with Gasteiger partial charge < -0.3 is 14.8 Å². The van der Waals surface area contributed by atoms with E-state index in [0.29, 0.717) is 18.8 Å². The Bertz CT molecular complexity index is 652. The van der Waals surface area contributed by atoms with Crippen molar-refractivity contribution in [1.82, 2.24) is 5.32 Å². The van der Waals surface area contributed by atoms with Crippen LogP contribution < -0.4 is 10.1 Å². The number of rotatable bonds is 4. The SMILES string of the molecule is COCc1ccc(C(=O)NC2CCOc3ccccc32)cc1. The summed E-state index contributed by atoms with van der Waals surface area (Å²) >= 11 is 0. The van der Waals surface area contributed by atoms with Gasteiger partial charge in [0.2, 0.25) is 0 Å². The van der Waals surface area contributed by atoms with Crippen LogP contribution in [0, 0.1) is 0 Å². The maximum Gasteiger partial charge on any atom is 0.251 e. The molecule has 0 aliphatic carbocycles. The first-order valence-corrected chi connectivity index (χ1v) is 7.38. The lowest BCUT2D eigenvalue weighted by Gasteiger charge is -2.26. The van der Waals surface area contributed by atoms with E-state index in [1.165, 1.54) is 0 Å². The van der Waals surface area contributed by atoms with Crippen LogP contribution in [0.4, 0.5) is 0 Å². The van der Waals surface area contributed by atoms with E-state index in [1.54, 1.807) is 7.11 Å². The summed E-state index contributed by atoms with van der Waals surface area (Å²) in [6, 6.07) is 15.3. The normalized spacial score (nSPS) is 16.5. The van der Waals surface area contributed by atoms with Gasteiger partial charge in [0, 0.05) is 24.7 Å². The zero-order valence-corrected chi connectivity index (χ0v) is 12.5. The number of methoxy groups -OCH3 is 1. The molecule has 2 aromatic rings. The second-order valence-electron chi connectivity index (χ2n) is 5.33. The number of para-hydroxylation sites is 1. The average Bonchev–Trinajstić information content (AvgIpc) is 2.56. The lowest BCUT2D eigenvalue weighted by molar-refractivity contribution is 0.0924. The molecule has 4 nitrogen and oxygen atoms in total. The minimum atomic E-state index is -0.0642. The van der Waals surface area contributed by atoms with Crippen molar-refractivity contribution in [2.45, 2.75) is 19.1 Å². The topological polar surface area (TPSA) is 47.6 Å². The van der Waals surface area contributed by atoms with E-state index in [9.17, 15) is 4.79 Å². The summed E-state index contributed by atoms with van der Waals surface area (Å²) in [5.41, 5.74) is 2.75. The maximum atomic E-state index is 12.4. The van der Waals surface area contributed by atoms with Gasteiger partial charge in [-0.1, -0.05) is 30.3 Å². The largest absolute Gasteiger partial charge is 0.493 e. The molecule has 0 aromatic heterocycles. The molecule has 1 amide bonds. The first-order chi connectivity index (χ1) is 10.8. The van der Waals surface area contributed by atoms with Crippen molar-refractivity contribution in [3.8, 4) is 5.75 Å². The molecule has 3 rings (SSSR count). The summed E-state index contributed by atoms with van der Waals surface area (Å²) < 4.78 is 10.7. The molecule has 2 aromatic carbocycles. The van der Waals surface area contributed by atoms with E-state index >= 15 is 0 Å². The van der Waals surface area contributed by atoms with Crippen molar-refractivity contribution < 1.29 is 14.3 Å². The van der Waals surface area contributed by atoms with Crippen LogP contribution in [0.1, 0.15) is 33.9 Å². The van der Waals surface area contributed by atoms with E-state index in [0.717, 1.165) is 23.3 Å². The Morgan fingerprint density at radius 2 is 2.00 bits per heavy atom. The van der Waals surface area contributed by atoms with Gasteiger partial charge in [-0.15, -0.1) is 0 Å². The van der Waals surface area contributed by atoms with Gasteiger partial charge in [0.25, 0.3) is 5.91 Å². The fraction of sp³-hybridized carbons (Fsp3) is 0.278. The van der Waals surface area contributed by atoms with Gasteiger partial charge in [0.15, 0.2) is 0 Å². The van der Waals surface area contributed by atoms with Gasteiger partial charge >= 0.3 is 0 Å². The molecule has 22 heavy (non-hydrogen) atoms. The monoisotopic (exact) mass is 297 g/mol. The van der Waals surface area contributed by atoms with Gasteiger partial charge in [-0.25, -0.2) is 0 Å². The van der Waals surface area contributed by atoms with Crippen LogP contribution in [-0.4, -0.2) is 19.6 Å². The quantitative estimate of drug-likeness (QED) is 0.943. The van der Waals surface area contributed by atoms with Gasteiger partial charge in [-0.2, -0.15) is 0 Å². The summed E-state index contributed by atoms with van der Waals surface area (Å²) in [6.45, 7) is 1.17. The molecule has 0 bridgehead atoms. The van der Waals surface area contributed by atoms with E-state index in [4.69, 9.17) is 9.47 Å². The smallest absolute Gasteiger partial charge is 0.251 e. The number of hydrogen-bond acceptors (Lipinski definition) is 3. The molecular weight excluding hydrogens is 278 g/mol. The Kier molecular flexibility index (Phi) is 4.39. The van der Waals surface area contributed by atoms with Gasteiger partial charge in [0.1, 0.15) is 5.75 Å². The van der Waals surface area contributed by atoms with Crippen molar-refractivity contribution in [2.24, 2.45) is 0 Å². The Hall–Kier alpha value is -2.33. The molecule has 1 atom stereocenters. The molecule has 1 unspecified atom stereocenters. The maximum absolute atomic E-state index is 12.4. The first-order valence-electron chi connectivity index (χ1n) is 7.38. The number of nitrogens with one attached hydrogen (secondary N) is 1. The van der Waals surface area contributed by atoms with E-state index in [1.807, 2.05) is 48.5 Å². The third-order valence-corrected chi connectivity index (χ3v) is 3.79. The third kappa shape index (κ3) is 3.12. The molecule has 1 N–H and O–H groups in total. The number of hydrogen-bond donors (Lipinski definition) is 1. The third-order valence-electron chi connectivity index (χ3n) is 3.79. The van der Waals surface area contributed by atoms with E-state index in [2.05, 4.69) is 5.32 Å². The minimum absolute atomic E-state index is 0.00361. The predicted molar refractivity (Wildman–Crippen MR) is 83.9 cm³/mol. The van der Waals surface area contributed by atoms with Crippen LogP contribution in [0.2, 0.25) is 0 Å². The minimum Gasteiger partial charge on any atom is -0.493 e. The first kappa shape index (κ1) is 14.6. The van der Waals surface area contributed by atoms with Crippen molar-refractivity contribution >= 4 is 5.91 Å². The lowest BCUT2D eigenvalue weighted by Crippen LogP contribution is -2.32. The Balaban J connectivity index is 1.72. The second-order valence-corrected chi connectivity index (χ2v) is 5.33. The summed E-state index contributed by atoms with van der Waals surface area (Å²) in [7, 11) is 1.66. The van der Waals surface area contributed by atoms with Gasteiger partial charge in [0.05, 0.1) is 19.3 Å². The summed E-state index contributed by atoms with van der Waals surface area (Å²) in [5.74, 6) is 0.792. The Morgan fingerprint density at radius 3 is 2.77 bits per heavy atom. The van der Waals surface area contributed by atoms with Gasteiger partial charge in [-0.3, -0.25) is 4.79 Å². The van der Waals surface area contributed by atoms with Crippen molar-refractivity contribution in [1.29, 1.82) is 0 Å². The standard InChI is InChI=1S/C18H19NO3/c1-21-12-13-6-8-14(9-7-13)18(20)19-16-10-11-22-17-5-3-2-4-15(16)17/h2-9,16H,10-12H2,1H3,(H,19,20). The predicted octanol–water partition coefficient (Wildman–Crippen LogP) is 3.09. The fourth-order valence-corrected chi connectivity index (χ4v) is 2.65. The molecule has 1 aliphatic heterocycles. The van der Waals surface area contributed by atoms with Crippen LogP contribution in [0.3, 0.4) is 0 Å². The second kappa shape index (κ2) is 6.62. The van der Waals surface area contributed by atoms with E-state index in [-0.39, 0.29) is 11.9 Å². The van der Waals surface area contributed by atoms with Crippen molar-refractivity contribution in [3.63, 3.8) is 0 Å². The number of carbonyl (C=O) groups is 1. The molecule has 1 heterocycles. The summed E-state index contributed by atoms with van der Waals surface area (Å²) in [6.07, 6.45) is 0.782. The molecule has 0 spiro atoms. The number of benzene rings is 2. The highest BCUT2D eigenvalue weighted by Gasteiger charge is 2.22. The molecule has 0 saturated carbocycles. The zero-order chi connectivity index (χ0) is 15.4. The molecule has 4 heteroatoms. The molecule has 1 aliphatic rings. The molecule has 0 saturated heterocycles. The van der Waals surface area contributed by atoms with Crippen LogP contribution >= 0.6 is 0 Å². The Morgan fingerprint density at radius 1 is 1.23 bits per heavy atom. The number of amides is 1. The molecule has 0 radical (unpaired) electrons. The van der Waals surface area contributed by atoms with Crippen molar-refractivity contribution in [3.05, 3.63) is 65.2 Å². The van der Waals surface area contributed by atoms with E-state index < -0.39 is 0 Å². The van der Waals surface area contributed by atoms with Gasteiger partial charge in [-0.05, 0) is 23.8 Å². The molecule has 0 fully saturated rings. The Labute approximate surface area is 130 Å². The van der Waals surface area contributed by atoms with Crippen LogP contribution in [0.5, 0.6) is 5.75 Å². The number of ether oxygens (including phenoxy) is 2. The fourth-order valence-electron chi connectivity index (χ4n) is 2.65. The molecule has 114 valence electrons. The average molecular weight is 297 g/mol. The van der Waals surface area contributed by atoms with Crippen molar-refractivity contribution in [2.75, 3.05) is 13.7 Å². The number of fused-ring (bicyclic) bond motifs is 1. The van der Waals surface area contributed by atoms with Crippen LogP contribution in [0.25, 0.3) is 0 Å². The highest BCUT2D eigenvalue weighted by Crippen LogP contribution is 2.31. The van der Waals surface area contributed by atoms with Crippen LogP contribution in [0.15, 0.2) is 48.5 Å². The summed E-state index contributed by atoms with van der Waals surface area (Å²) in [5, 5.41) is 3.09.